The van der Waals surface area contributed by atoms with Crippen LogP contribution in [0.2, 0.25) is 0 Å². The number of rotatable bonds is 4. The molecule has 6 nitrogen and oxygen atoms in total. The van der Waals surface area contributed by atoms with Crippen LogP contribution in [0.5, 0.6) is 5.75 Å². The zero-order valence-electron chi connectivity index (χ0n) is 12.5. The van der Waals surface area contributed by atoms with E-state index in [-0.39, 0.29) is 11.9 Å². The number of ether oxygens (including phenoxy) is 1. The Morgan fingerprint density at radius 3 is 2.32 bits per heavy atom. The Labute approximate surface area is 132 Å². The highest BCUT2D eigenvalue weighted by Crippen LogP contribution is 2.36. The van der Waals surface area contributed by atoms with Crippen molar-refractivity contribution < 1.29 is 14.3 Å². The molecule has 0 atom stereocenters. The van der Waals surface area contributed by atoms with Crippen molar-refractivity contribution in [2.75, 3.05) is 26.5 Å². The SMILES string of the molecule is CNC(=O)Nc1sc(-c2ccc(OC)cc2)cc1C(=O)NC. The van der Waals surface area contributed by atoms with Crippen molar-refractivity contribution in [3.63, 3.8) is 0 Å². The summed E-state index contributed by atoms with van der Waals surface area (Å²) in [6.45, 7) is 0. The first kappa shape index (κ1) is 15.8. The summed E-state index contributed by atoms with van der Waals surface area (Å²) in [4.78, 5) is 24.3. The maximum absolute atomic E-state index is 12.0. The van der Waals surface area contributed by atoms with Gasteiger partial charge in [0.15, 0.2) is 0 Å². The van der Waals surface area contributed by atoms with E-state index in [0.29, 0.717) is 10.6 Å². The van der Waals surface area contributed by atoms with Gasteiger partial charge in [0, 0.05) is 19.0 Å². The van der Waals surface area contributed by atoms with Gasteiger partial charge in [0.05, 0.1) is 12.7 Å². The number of carbonyl (C=O) groups excluding carboxylic acids is 2. The van der Waals surface area contributed by atoms with Crippen LogP contribution in [0.1, 0.15) is 10.4 Å². The molecular formula is C15H17N3O3S. The van der Waals surface area contributed by atoms with E-state index in [4.69, 9.17) is 4.74 Å². The quantitative estimate of drug-likeness (QED) is 0.810. The Morgan fingerprint density at radius 1 is 1.09 bits per heavy atom. The van der Waals surface area contributed by atoms with Crippen LogP contribution >= 0.6 is 11.3 Å². The highest BCUT2D eigenvalue weighted by atomic mass is 32.1. The molecular weight excluding hydrogens is 302 g/mol. The fourth-order valence-corrected chi connectivity index (χ4v) is 2.91. The largest absolute Gasteiger partial charge is 0.497 e. The Morgan fingerprint density at radius 2 is 1.77 bits per heavy atom. The van der Waals surface area contributed by atoms with Crippen molar-refractivity contribution in [3.8, 4) is 16.2 Å². The topological polar surface area (TPSA) is 79.5 Å². The summed E-state index contributed by atoms with van der Waals surface area (Å²) in [5.74, 6) is 0.512. The minimum absolute atomic E-state index is 0.248. The molecule has 2 rings (SSSR count). The summed E-state index contributed by atoms with van der Waals surface area (Å²) in [6, 6.07) is 8.90. The summed E-state index contributed by atoms with van der Waals surface area (Å²) in [5, 5.41) is 8.22. The smallest absolute Gasteiger partial charge is 0.319 e. The Hall–Kier alpha value is -2.54. The van der Waals surface area contributed by atoms with Crippen molar-refractivity contribution in [1.82, 2.24) is 10.6 Å². The molecule has 0 unspecified atom stereocenters. The van der Waals surface area contributed by atoms with E-state index >= 15 is 0 Å². The van der Waals surface area contributed by atoms with Crippen molar-refractivity contribution in [1.29, 1.82) is 0 Å². The zero-order chi connectivity index (χ0) is 16.1. The van der Waals surface area contributed by atoms with Gasteiger partial charge in [0.2, 0.25) is 0 Å². The van der Waals surface area contributed by atoms with E-state index in [9.17, 15) is 9.59 Å². The minimum Gasteiger partial charge on any atom is -0.497 e. The average molecular weight is 319 g/mol. The molecule has 0 saturated carbocycles. The lowest BCUT2D eigenvalue weighted by Crippen LogP contribution is -2.26. The van der Waals surface area contributed by atoms with Gasteiger partial charge in [-0.1, -0.05) is 0 Å². The molecule has 3 amide bonds. The molecule has 7 heteroatoms. The van der Waals surface area contributed by atoms with Crippen LogP contribution in [0, 0.1) is 0 Å². The predicted octanol–water partition coefficient (Wildman–Crippen LogP) is 2.53. The lowest BCUT2D eigenvalue weighted by Gasteiger charge is -2.04. The van der Waals surface area contributed by atoms with Crippen LogP contribution < -0.4 is 20.7 Å². The molecule has 0 aliphatic heterocycles. The van der Waals surface area contributed by atoms with Crippen molar-refractivity contribution in [2.24, 2.45) is 0 Å². The van der Waals surface area contributed by atoms with Gasteiger partial charge in [-0.2, -0.15) is 0 Å². The molecule has 0 saturated heterocycles. The monoisotopic (exact) mass is 319 g/mol. The van der Waals surface area contributed by atoms with E-state index < -0.39 is 0 Å². The molecule has 0 spiro atoms. The third-order valence-electron chi connectivity index (χ3n) is 3.03. The number of hydrogen-bond acceptors (Lipinski definition) is 4. The molecule has 3 N–H and O–H groups in total. The maximum Gasteiger partial charge on any atom is 0.319 e. The van der Waals surface area contributed by atoms with E-state index in [0.717, 1.165) is 16.2 Å². The Balaban J connectivity index is 2.39. The van der Waals surface area contributed by atoms with Crippen LogP contribution in [0.25, 0.3) is 10.4 Å². The normalized spacial score (nSPS) is 9.95. The van der Waals surface area contributed by atoms with Gasteiger partial charge in [0.25, 0.3) is 5.91 Å². The van der Waals surface area contributed by atoms with Crippen molar-refractivity contribution in [3.05, 3.63) is 35.9 Å². The van der Waals surface area contributed by atoms with E-state index in [1.165, 1.54) is 18.4 Å². The van der Waals surface area contributed by atoms with Crippen molar-refractivity contribution in [2.45, 2.75) is 0 Å². The van der Waals surface area contributed by atoms with E-state index in [1.807, 2.05) is 24.3 Å². The molecule has 0 bridgehead atoms. The van der Waals surface area contributed by atoms with E-state index in [2.05, 4.69) is 16.0 Å². The fourth-order valence-electron chi connectivity index (χ4n) is 1.85. The molecule has 22 heavy (non-hydrogen) atoms. The summed E-state index contributed by atoms with van der Waals surface area (Å²) >= 11 is 1.34. The van der Waals surface area contributed by atoms with Gasteiger partial charge in [-0.05, 0) is 35.9 Å². The second-order valence-corrected chi connectivity index (χ2v) is 5.42. The summed E-state index contributed by atoms with van der Waals surface area (Å²) < 4.78 is 5.13. The number of urea groups is 1. The molecule has 116 valence electrons. The third kappa shape index (κ3) is 3.37. The van der Waals surface area contributed by atoms with E-state index in [1.54, 1.807) is 20.2 Å². The number of anilines is 1. The number of benzene rings is 1. The van der Waals surface area contributed by atoms with Gasteiger partial charge in [-0.25, -0.2) is 4.79 Å². The number of hydrogen-bond donors (Lipinski definition) is 3. The maximum atomic E-state index is 12.0. The second-order valence-electron chi connectivity index (χ2n) is 4.37. The van der Waals surface area contributed by atoms with Crippen LogP contribution in [-0.2, 0) is 0 Å². The number of amides is 3. The third-order valence-corrected chi connectivity index (χ3v) is 4.13. The first-order valence-electron chi connectivity index (χ1n) is 6.58. The van der Waals surface area contributed by atoms with Crippen LogP contribution in [0.4, 0.5) is 9.80 Å². The second kappa shape index (κ2) is 6.95. The zero-order valence-corrected chi connectivity index (χ0v) is 13.3. The Kier molecular flexibility index (Phi) is 5.00. The molecule has 1 aromatic carbocycles. The lowest BCUT2D eigenvalue weighted by atomic mass is 10.1. The molecule has 0 radical (unpaired) electrons. The lowest BCUT2D eigenvalue weighted by molar-refractivity contribution is 0.0964. The molecule has 1 aromatic heterocycles. The summed E-state index contributed by atoms with van der Waals surface area (Å²) in [6.07, 6.45) is 0. The van der Waals surface area contributed by atoms with Crippen LogP contribution in [0.15, 0.2) is 30.3 Å². The van der Waals surface area contributed by atoms with Gasteiger partial charge < -0.3 is 15.4 Å². The van der Waals surface area contributed by atoms with Crippen LogP contribution in [-0.4, -0.2) is 33.1 Å². The average Bonchev–Trinajstić information content (AvgIpc) is 2.97. The first-order chi connectivity index (χ1) is 10.6. The fraction of sp³-hybridized carbons (Fsp3) is 0.200. The molecule has 0 aliphatic carbocycles. The molecule has 0 aliphatic rings. The highest BCUT2D eigenvalue weighted by Gasteiger charge is 2.17. The molecule has 0 fully saturated rings. The van der Waals surface area contributed by atoms with Crippen LogP contribution in [0.3, 0.4) is 0 Å². The van der Waals surface area contributed by atoms with Crippen molar-refractivity contribution >= 4 is 28.3 Å². The van der Waals surface area contributed by atoms with Gasteiger partial charge in [-0.15, -0.1) is 11.3 Å². The van der Waals surface area contributed by atoms with Gasteiger partial charge in [-0.3, -0.25) is 10.1 Å². The number of methoxy groups -OCH3 is 1. The predicted molar refractivity (Wildman–Crippen MR) is 87.8 cm³/mol. The Bertz CT molecular complexity index is 680. The first-order valence-corrected chi connectivity index (χ1v) is 7.39. The van der Waals surface area contributed by atoms with Gasteiger partial charge in [0.1, 0.15) is 10.8 Å². The summed E-state index contributed by atoms with van der Waals surface area (Å²) in [7, 11) is 4.68. The molecule has 2 aromatic rings. The minimum atomic E-state index is -0.367. The standard InChI is InChI=1S/C15H17N3O3S/c1-16-13(19)11-8-12(22-14(11)18-15(20)17-2)9-4-6-10(21-3)7-5-9/h4-8H,1-3H3,(H,16,19)(H2,17,18,20). The van der Waals surface area contributed by atoms with Gasteiger partial charge >= 0.3 is 6.03 Å². The number of thiophene rings is 1. The highest BCUT2D eigenvalue weighted by molar-refractivity contribution is 7.20. The molecule has 1 heterocycles. The number of nitrogens with one attached hydrogen (secondary N) is 3. The number of carbonyl (C=O) groups is 2. The summed E-state index contributed by atoms with van der Waals surface area (Å²) in [5.41, 5.74) is 1.38.